The summed E-state index contributed by atoms with van der Waals surface area (Å²) < 4.78 is 1.84. The van der Waals surface area contributed by atoms with Crippen molar-refractivity contribution >= 4 is 5.95 Å². The zero-order valence-electron chi connectivity index (χ0n) is 14.3. The monoisotopic (exact) mass is 322 g/mol. The molecule has 0 aliphatic rings. The molecule has 1 atom stereocenters. The van der Waals surface area contributed by atoms with E-state index >= 15 is 0 Å². The van der Waals surface area contributed by atoms with Crippen molar-refractivity contribution in [3.05, 3.63) is 59.7 Å². The van der Waals surface area contributed by atoms with E-state index < -0.39 is 0 Å². The highest BCUT2D eigenvalue weighted by molar-refractivity contribution is 5.38. The van der Waals surface area contributed by atoms with Crippen LogP contribution in [0.5, 0.6) is 0 Å². The van der Waals surface area contributed by atoms with Crippen LogP contribution in [0.1, 0.15) is 43.8 Å². The quantitative estimate of drug-likeness (QED) is 0.753. The van der Waals surface area contributed by atoms with E-state index in [0.717, 1.165) is 35.5 Å². The van der Waals surface area contributed by atoms with Crippen molar-refractivity contribution < 1.29 is 0 Å². The van der Waals surface area contributed by atoms with Crippen LogP contribution in [0.3, 0.4) is 0 Å². The van der Waals surface area contributed by atoms with Gasteiger partial charge in [-0.2, -0.15) is 10.2 Å². The van der Waals surface area contributed by atoms with Gasteiger partial charge in [0.2, 0.25) is 5.95 Å². The third-order valence-electron chi connectivity index (χ3n) is 4.02. The molecule has 0 amide bonds. The van der Waals surface area contributed by atoms with Crippen LogP contribution in [0.15, 0.2) is 42.7 Å². The summed E-state index contributed by atoms with van der Waals surface area (Å²) in [5.74, 6) is 0.577. The van der Waals surface area contributed by atoms with Crippen molar-refractivity contribution in [1.82, 2.24) is 25.0 Å². The Bertz CT molecular complexity index is 780. The molecule has 0 aliphatic carbocycles. The van der Waals surface area contributed by atoms with Gasteiger partial charge in [0.05, 0.1) is 23.1 Å². The van der Waals surface area contributed by atoms with Crippen LogP contribution in [-0.4, -0.2) is 25.0 Å². The molecule has 0 saturated heterocycles. The predicted octanol–water partition coefficient (Wildman–Crippen LogP) is 3.36. The van der Waals surface area contributed by atoms with Gasteiger partial charge in [0.15, 0.2) is 0 Å². The minimum atomic E-state index is 0.0932. The Labute approximate surface area is 142 Å². The maximum Gasteiger partial charge on any atom is 0.243 e. The second-order valence-corrected chi connectivity index (χ2v) is 5.64. The first kappa shape index (κ1) is 16.1. The Kier molecular flexibility index (Phi) is 4.84. The summed E-state index contributed by atoms with van der Waals surface area (Å²) in [7, 11) is 0. The van der Waals surface area contributed by atoms with Crippen LogP contribution < -0.4 is 5.32 Å². The summed E-state index contributed by atoms with van der Waals surface area (Å²) in [6, 6.07) is 10.3. The average molecular weight is 322 g/mol. The van der Waals surface area contributed by atoms with E-state index in [0.29, 0.717) is 5.95 Å². The average Bonchev–Trinajstić information content (AvgIpc) is 3.16. The van der Waals surface area contributed by atoms with Gasteiger partial charge < -0.3 is 5.32 Å². The number of anilines is 1. The Hall–Kier alpha value is -2.76. The predicted molar refractivity (Wildman–Crippen MR) is 94.2 cm³/mol. The van der Waals surface area contributed by atoms with E-state index in [1.807, 2.05) is 16.9 Å². The van der Waals surface area contributed by atoms with Crippen molar-refractivity contribution in [1.29, 1.82) is 0 Å². The van der Waals surface area contributed by atoms with Crippen molar-refractivity contribution in [2.75, 3.05) is 5.32 Å². The number of nitrogens with zero attached hydrogens (tertiary/aromatic N) is 5. The lowest BCUT2D eigenvalue weighted by molar-refractivity contribution is 0.789. The van der Waals surface area contributed by atoms with Gasteiger partial charge in [0.1, 0.15) is 0 Å². The summed E-state index contributed by atoms with van der Waals surface area (Å²) in [6.07, 6.45) is 5.42. The molecular formula is C18H22N6. The van der Waals surface area contributed by atoms with E-state index in [1.165, 1.54) is 0 Å². The Balaban J connectivity index is 1.74. The van der Waals surface area contributed by atoms with E-state index in [-0.39, 0.29) is 6.04 Å². The summed E-state index contributed by atoms with van der Waals surface area (Å²) in [5, 5.41) is 16.0. The minimum absolute atomic E-state index is 0.0932. The maximum atomic E-state index is 4.59. The number of aromatic nitrogens is 5. The number of hydrogen-bond acceptors (Lipinski definition) is 5. The standard InChI is InChI=1S/C18H22N6/c1-4-16-17(5-2)22-23-18(21-16)20-13(3)14-7-9-15(10-8-14)24-12-6-11-19-24/h6-13H,4-5H2,1-3H3,(H,20,21,23). The number of rotatable bonds is 6. The molecule has 1 aromatic carbocycles. The lowest BCUT2D eigenvalue weighted by Crippen LogP contribution is -2.13. The Morgan fingerprint density at radius 1 is 1.04 bits per heavy atom. The summed E-state index contributed by atoms with van der Waals surface area (Å²) >= 11 is 0. The first-order valence-electron chi connectivity index (χ1n) is 8.30. The first-order valence-corrected chi connectivity index (χ1v) is 8.30. The van der Waals surface area contributed by atoms with E-state index in [2.05, 4.69) is 70.6 Å². The second-order valence-electron chi connectivity index (χ2n) is 5.64. The molecule has 3 rings (SSSR count). The van der Waals surface area contributed by atoms with E-state index in [9.17, 15) is 0 Å². The topological polar surface area (TPSA) is 68.5 Å². The summed E-state index contributed by atoms with van der Waals surface area (Å²) in [4.78, 5) is 4.59. The fraction of sp³-hybridized carbons (Fsp3) is 0.333. The molecule has 0 spiro atoms. The molecule has 0 saturated carbocycles. The zero-order valence-corrected chi connectivity index (χ0v) is 14.3. The fourth-order valence-corrected chi connectivity index (χ4v) is 2.61. The maximum absolute atomic E-state index is 4.59. The summed E-state index contributed by atoms with van der Waals surface area (Å²) in [6.45, 7) is 6.25. The van der Waals surface area contributed by atoms with Gasteiger partial charge in [-0.25, -0.2) is 9.67 Å². The normalized spacial score (nSPS) is 12.1. The van der Waals surface area contributed by atoms with Crippen LogP contribution in [0.25, 0.3) is 5.69 Å². The molecule has 1 unspecified atom stereocenters. The molecule has 6 nitrogen and oxygen atoms in total. The van der Waals surface area contributed by atoms with Crippen molar-refractivity contribution in [3.8, 4) is 5.69 Å². The smallest absolute Gasteiger partial charge is 0.243 e. The van der Waals surface area contributed by atoms with Crippen molar-refractivity contribution in [3.63, 3.8) is 0 Å². The van der Waals surface area contributed by atoms with Crippen LogP contribution >= 0.6 is 0 Å². The van der Waals surface area contributed by atoms with Gasteiger partial charge in [-0.1, -0.05) is 26.0 Å². The molecular weight excluding hydrogens is 300 g/mol. The lowest BCUT2D eigenvalue weighted by atomic mass is 10.1. The van der Waals surface area contributed by atoms with Crippen molar-refractivity contribution in [2.45, 2.75) is 39.7 Å². The fourth-order valence-electron chi connectivity index (χ4n) is 2.61. The zero-order chi connectivity index (χ0) is 16.9. The highest BCUT2D eigenvalue weighted by Crippen LogP contribution is 2.19. The molecule has 3 aromatic rings. The largest absolute Gasteiger partial charge is 0.346 e. The number of benzene rings is 1. The van der Waals surface area contributed by atoms with Crippen molar-refractivity contribution in [2.24, 2.45) is 0 Å². The third kappa shape index (κ3) is 3.42. The molecule has 6 heteroatoms. The highest BCUT2D eigenvalue weighted by atomic mass is 15.3. The SMILES string of the molecule is CCc1nnc(NC(C)c2ccc(-n3cccn3)cc2)nc1CC. The van der Waals surface area contributed by atoms with E-state index in [1.54, 1.807) is 6.20 Å². The number of nitrogens with one attached hydrogen (secondary N) is 1. The van der Waals surface area contributed by atoms with Gasteiger partial charge in [-0.15, -0.1) is 5.10 Å². The molecule has 1 N–H and O–H groups in total. The molecule has 24 heavy (non-hydrogen) atoms. The van der Waals surface area contributed by atoms with Gasteiger partial charge in [0, 0.05) is 12.4 Å². The third-order valence-corrected chi connectivity index (χ3v) is 4.02. The van der Waals surface area contributed by atoms with E-state index in [4.69, 9.17) is 0 Å². The van der Waals surface area contributed by atoms with Gasteiger partial charge in [0.25, 0.3) is 0 Å². The lowest BCUT2D eigenvalue weighted by Gasteiger charge is -2.15. The Morgan fingerprint density at radius 3 is 2.42 bits per heavy atom. The number of hydrogen-bond donors (Lipinski definition) is 1. The van der Waals surface area contributed by atoms with Crippen LogP contribution in [0.2, 0.25) is 0 Å². The van der Waals surface area contributed by atoms with Gasteiger partial charge >= 0.3 is 0 Å². The first-order chi connectivity index (χ1) is 11.7. The number of aryl methyl sites for hydroxylation is 2. The molecule has 124 valence electrons. The molecule has 0 radical (unpaired) electrons. The molecule has 2 heterocycles. The molecule has 0 aliphatic heterocycles. The van der Waals surface area contributed by atoms with Gasteiger partial charge in [-0.3, -0.25) is 0 Å². The van der Waals surface area contributed by atoms with Crippen LogP contribution in [-0.2, 0) is 12.8 Å². The minimum Gasteiger partial charge on any atom is -0.346 e. The molecule has 0 fully saturated rings. The Morgan fingerprint density at radius 2 is 1.79 bits per heavy atom. The molecule has 2 aromatic heterocycles. The second kappa shape index (κ2) is 7.21. The highest BCUT2D eigenvalue weighted by Gasteiger charge is 2.10. The van der Waals surface area contributed by atoms with Crippen LogP contribution in [0, 0.1) is 0 Å². The molecule has 0 bridgehead atoms. The van der Waals surface area contributed by atoms with Crippen LogP contribution in [0.4, 0.5) is 5.95 Å². The van der Waals surface area contributed by atoms with Gasteiger partial charge in [-0.05, 0) is 43.5 Å². The summed E-state index contributed by atoms with van der Waals surface area (Å²) in [5.41, 5.74) is 4.18.